The fraction of sp³-hybridized carbons (Fsp3) is 0.378. The third kappa shape index (κ3) is 5.66. The molecule has 0 radical (unpaired) electrons. The molecule has 2 heterocycles. The Morgan fingerprint density at radius 3 is 2.40 bits per heavy atom. The number of benzene rings is 3. The van der Waals surface area contributed by atoms with Crippen LogP contribution in [0.25, 0.3) is 16.7 Å². The van der Waals surface area contributed by atoms with Crippen LogP contribution in [0.15, 0.2) is 119 Å². The van der Waals surface area contributed by atoms with Gasteiger partial charge in [-0.25, -0.2) is 9.59 Å². The second kappa shape index (κ2) is 14.0. The molecule has 9 rings (SSSR count). The summed E-state index contributed by atoms with van der Waals surface area (Å²) in [6.45, 7) is 2.07. The molecule has 2 aliphatic heterocycles. The standard InChI is InChI=1S/C45H46O7/c1-2-27(23-28-9-5-3-6-10-28)24-38-45-21-19-33(34-16-17-35-37(18-13-29(26-47)20-22-46)51-43(49)40(35)41(34)45)39(42(45)44(50)52-38)36-25-31(48)14-15-32(36)30-11-7-4-8-12-30/h3-12,14-15,18,24-25,27,29,33-34,41,46-48H,2,13,16-17,19-23,26H2,1H3/b37-18?,38-24-/t27-,29-,33+,34-,41+,45+/m0/s1. The van der Waals surface area contributed by atoms with Crippen LogP contribution in [0.3, 0.4) is 0 Å². The molecule has 4 aliphatic carbocycles. The van der Waals surface area contributed by atoms with Crippen LogP contribution in [-0.4, -0.2) is 40.5 Å². The summed E-state index contributed by atoms with van der Waals surface area (Å²) < 4.78 is 12.5. The van der Waals surface area contributed by atoms with Crippen molar-refractivity contribution in [1.82, 2.24) is 0 Å². The molecular weight excluding hydrogens is 652 g/mol. The van der Waals surface area contributed by atoms with Crippen LogP contribution in [0.5, 0.6) is 5.75 Å². The van der Waals surface area contributed by atoms with Crippen molar-refractivity contribution in [3.05, 3.63) is 130 Å². The molecule has 7 nitrogen and oxygen atoms in total. The Kier molecular flexibility index (Phi) is 9.26. The van der Waals surface area contributed by atoms with Gasteiger partial charge in [0.1, 0.15) is 17.3 Å². The van der Waals surface area contributed by atoms with E-state index in [4.69, 9.17) is 9.47 Å². The van der Waals surface area contributed by atoms with Crippen molar-refractivity contribution in [2.75, 3.05) is 13.2 Å². The summed E-state index contributed by atoms with van der Waals surface area (Å²) in [6, 6.07) is 25.9. The van der Waals surface area contributed by atoms with E-state index in [-0.39, 0.29) is 60.5 Å². The molecule has 1 spiro atoms. The summed E-state index contributed by atoms with van der Waals surface area (Å²) in [5.41, 5.74) is 6.25. The van der Waals surface area contributed by atoms with Crippen LogP contribution in [0, 0.1) is 35.0 Å². The predicted octanol–water partition coefficient (Wildman–Crippen LogP) is 8.08. The number of cyclic esters (lactones) is 2. The number of rotatable bonds is 11. The highest BCUT2D eigenvalue weighted by molar-refractivity contribution is 6.07. The molecule has 1 saturated heterocycles. The monoisotopic (exact) mass is 698 g/mol. The van der Waals surface area contributed by atoms with E-state index in [0.29, 0.717) is 48.3 Å². The van der Waals surface area contributed by atoms with E-state index < -0.39 is 5.41 Å². The molecule has 3 N–H and O–H groups in total. The maximum absolute atomic E-state index is 14.6. The first kappa shape index (κ1) is 34.4. The number of carbonyl (C=O) groups excluding carboxylic acids is 2. The molecule has 0 unspecified atom stereocenters. The second-order valence-electron chi connectivity index (χ2n) is 15.1. The van der Waals surface area contributed by atoms with Gasteiger partial charge in [0.25, 0.3) is 0 Å². The molecular formula is C45H46O7. The summed E-state index contributed by atoms with van der Waals surface area (Å²) in [7, 11) is 0. The fourth-order valence-electron chi connectivity index (χ4n) is 10.0. The van der Waals surface area contributed by atoms with Crippen molar-refractivity contribution in [2.24, 2.45) is 35.0 Å². The van der Waals surface area contributed by atoms with Crippen LogP contribution in [0.2, 0.25) is 0 Å². The highest BCUT2D eigenvalue weighted by Gasteiger charge is 2.68. The van der Waals surface area contributed by atoms with E-state index in [1.807, 2.05) is 48.5 Å². The van der Waals surface area contributed by atoms with E-state index in [1.165, 1.54) is 5.56 Å². The van der Waals surface area contributed by atoms with Crippen LogP contribution in [0.1, 0.15) is 63.0 Å². The zero-order valence-corrected chi connectivity index (χ0v) is 29.6. The molecule has 1 saturated carbocycles. The minimum absolute atomic E-state index is 0.0232. The Morgan fingerprint density at radius 2 is 1.67 bits per heavy atom. The SMILES string of the molecule is CC[C@H](/C=C1\OC(=O)C2=C(c3cc(O)ccc3-c3ccccc3)[C@@H]3CC[C@@]21[C@H]1C2=C(CC[C@@H]31)C(=CC[C@H](CO)CCO)OC2=O)Cc1ccccc1. The van der Waals surface area contributed by atoms with Crippen LogP contribution in [-0.2, 0) is 25.5 Å². The average molecular weight is 699 g/mol. The predicted molar refractivity (Wildman–Crippen MR) is 198 cm³/mol. The molecule has 52 heavy (non-hydrogen) atoms. The van der Waals surface area contributed by atoms with Gasteiger partial charge in [0.15, 0.2) is 0 Å². The quantitative estimate of drug-likeness (QED) is 0.174. The topological polar surface area (TPSA) is 113 Å². The van der Waals surface area contributed by atoms with Gasteiger partial charge in [-0.05, 0) is 127 Å². The van der Waals surface area contributed by atoms with E-state index in [0.717, 1.165) is 53.5 Å². The van der Waals surface area contributed by atoms with Gasteiger partial charge in [-0.1, -0.05) is 73.7 Å². The first-order chi connectivity index (χ1) is 25.4. The normalized spacial score (nSPS) is 27.4. The Hall–Kier alpha value is -4.72. The number of aliphatic hydroxyl groups is 2. The van der Waals surface area contributed by atoms with E-state index >= 15 is 0 Å². The van der Waals surface area contributed by atoms with Crippen molar-refractivity contribution < 1.29 is 34.4 Å². The number of aliphatic hydroxyl groups excluding tert-OH is 2. The number of aromatic hydroxyl groups is 1. The maximum Gasteiger partial charge on any atom is 0.340 e. The molecule has 0 amide bonds. The minimum Gasteiger partial charge on any atom is -0.508 e. The van der Waals surface area contributed by atoms with Crippen molar-refractivity contribution in [2.45, 2.75) is 58.3 Å². The summed E-state index contributed by atoms with van der Waals surface area (Å²) >= 11 is 0. The molecule has 2 bridgehead atoms. The Balaban J connectivity index is 1.33. The van der Waals surface area contributed by atoms with Gasteiger partial charge < -0.3 is 24.8 Å². The Morgan fingerprint density at radius 1 is 0.904 bits per heavy atom. The Labute approximate surface area is 305 Å². The zero-order chi connectivity index (χ0) is 36.0. The van der Waals surface area contributed by atoms with Gasteiger partial charge in [-0.15, -0.1) is 0 Å². The fourth-order valence-corrected chi connectivity index (χ4v) is 10.0. The number of phenols is 1. The lowest BCUT2D eigenvalue weighted by Gasteiger charge is -2.56. The van der Waals surface area contributed by atoms with Gasteiger partial charge in [-0.3, -0.25) is 0 Å². The van der Waals surface area contributed by atoms with E-state index in [1.54, 1.807) is 12.1 Å². The number of hydrogen-bond donors (Lipinski definition) is 3. The molecule has 3 aromatic rings. The summed E-state index contributed by atoms with van der Waals surface area (Å²) in [6.07, 6.45) is 9.63. The summed E-state index contributed by atoms with van der Waals surface area (Å²) in [4.78, 5) is 28.7. The maximum atomic E-state index is 14.6. The summed E-state index contributed by atoms with van der Waals surface area (Å²) in [5, 5.41) is 30.3. The number of allylic oxidation sites excluding steroid dienone is 5. The number of carbonyl (C=O) groups is 2. The van der Waals surface area contributed by atoms with Crippen molar-refractivity contribution in [3.8, 4) is 16.9 Å². The van der Waals surface area contributed by atoms with Gasteiger partial charge >= 0.3 is 11.9 Å². The third-order valence-electron chi connectivity index (χ3n) is 12.4. The van der Waals surface area contributed by atoms with Crippen molar-refractivity contribution >= 4 is 17.5 Å². The summed E-state index contributed by atoms with van der Waals surface area (Å²) in [5.74, 6) is 0.284. The highest BCUT2D eigenvalue weighted by atomic mass is 16.5. The molecule has 0 aromatic heterocycles. The number of hydrogen-bond acceptors (Lipinski definition) is 7. The lowest BCUT2D eigenvalue weighted by molar-refractivity contribution is -0.135. The second-order valence-corrected chi connectivity index (χ2v) is 15.1. The zero-order valence-electron chi connectivity index (χ0n) is 29.6. The number of phenolic OH excluding ortho intramolecular Hbond substituents is 1. The number of esters is 2. The van der Waals surface area contributed by atoms with Gasteiger partial charge in [-0.2, -0.15) is 0 Å². The first-order valence-electron chi connectivity index (χ1n) is 18.9. The van der Waals surface area contributed by atoms with Crippen LogP contribution in [0.4, 0.5) is 0 Å². The van der Waals surface area contributed by atoms with Gasteiger partial charge in [0.05, 0.1) is 11.0 Å². The lowest BCUT2D eigenvalue weighted by Crippen LogP contribution is -2.52. The highest BCUT2D eigenvalue weighted by Crippen LogP contribution is 2.72. The first-order valence-corrected chi connectivity index (χ1v) is 18.9. The Bertz CT molecular complexity index is 2010. The lowest BCUT2D eigenvalue weighted by atomic mass is 9.44. The van der Waals surface area contributed by atoms with Gasteiger partial charge in [0.2, 0.25) is 0 Å². The average Bonchev–Trinajstić information content (AvgIpc) is 3.66. The molecule has 6 atom stereocenters. The third-order valence-corrected chi connectivity index (χ3v) is 12.4. The largest absolute Gasteiger partial charge is 0.508 e. The molecule has 268 valence electrons. The van der Waals surface area contributed by atoms with Gasteiger partial charge in [0, 0.05) is 30.3 Å². The molecule has 2 fully saturated rings. The van der Waals surface area contributed by atoms with Crippen LogP contribution >= 0.6 is 0 Å². The van der Waals surface area contributed by atoms with E-state index in [9.17, 15) is 24.9 Å². The smallest absolute Gasteiger partial charge is 0.340 e. The minimum atomic E-state index is -0.866. The van der Waals surface area contributed by atoms with E-state index in [2.05, 4.69) is 37.3 Å². The number of fused-ring (bicyclic) bond motifs is 1. The van der Waals surface area contributed by atoms with Crippen molar-refractivity contribution in [3.63, 3.8) is 0 Å². The molecule has 6 aliphatic rings. The van der Waals surface area contributed by atoms with Crippen LogP contribution < -0.4 is 0 Å². The van der Waals surface area contributed by atoms with Crippen molar-refractivity contribution in [1.29, 1.82) is 0 Å². The number of ether oxygens (including phenoxy) is 2. The molecule has 3 aromatic carbocycles. The molecule has 7 heteroatoms.